The van der Waals surface area contributed by atoms with Crippen molar-refractivity contribution in [3.8, 4) is 16.9 Å². The lowest BCUT2D eigenvalue weighted by Crippen LogP contribution is -2.16. The maximum atomic E-state index is 13.3. The van der Waals surface area contributed by atoms with Gasteiger partial charge >= 0.3 is 6.18 Å². The number of phenols is 1. The Kier molecular flexibility index (Phi) is 6.03. The summed E-state index contributed by atoms with van der Waals surface area (Å²) in [6.07, 6.45) is -1.14. The SMILES string of the molecule is CS(=O)(=O)Cc1cc(C(=O)Nc2cnccc2-c2ccccc2O)cc(C(F)(F)F)c1. The molecule has 0 radical (unpaired) electrons. The Morgan fingerprint density at radius 2 is 1.81 bits per heavy atom. The van der Waals surface area contributed by atoms with Gasteiger partial charge in [0.05, 0.1) is 23.2 Å². The third-order valence-electron chi connectivity index (χ3n) is 4.27. The Hall–Kier alpha value is -3.40. The summed E-state index contributed by atoms with van der Waals surface area (Å²) >= 11 is 0. The van der Waals surface area contributed by atoms with Crippen LogP contribution in [0, 0.1) is 0 Å². The average Bonchev–Trinajstić information content (AvgIpc) is 2.67. The maximum Gasteiger partial charge on any atom is 0.416 e. The number of nitrogens with one attached hydrogen (secondary N) is 1. The lowest BCUT2D eigenvalue weighted by molar-refractivity contribution is -0.137. The van der Waals surface area contributed by atoms with Crippen molar-refractivity contribution in [1.82, 2.24) is 4.98 Å². The van der Waals surface area contributed by atoms with E-state index in [1.165, 1.54) is 24.5 Å². The summed E-state index contributed by atoms with van der Waals surface area (Å²) < 4.78 is 63.0. The molecule has 3 rings (SSSR count). The second-order valence-electron chi connectivity index (χ2n) is 6.88. The fourth-order valence-corrected chi connectivity index (χ4v) is 3.77. The third-order valence-corrected chi connectivity index (χ3v) is 5.13. The number of phenolic OH excluding ortho intramolecular Hbond substituents is 1. The molecule has 6 nitrogen and oxygen atoms in total. The highest BCUT2D eigenvalue weighted by Gasteiger charge is 2.32. The first-order chi connectivity index (χ1) is 14.4. The largest absolute Gasteiger partial charge is 0.507 e. The van der Waals surface area contributed by atoms with Gasteiger partial charge in [0.1, 0.15) is 5.75 Å². The topological polar surface area (TPSA) is 96.4 Å². The van der Waals surface area contributed by atoms with Gasteiger partial charge in [-0.1, -0.05) is 18.2 Å². The van der Waals surface area contributed by atoms with E-state index in [2.05, 4.69) is 10.3 Å². The second-order valence-corrected chi connectivity index (χ2v) is 9.02. The van der Waals surface area contributed by atoms with Gasteiger partial charge in [-0.15, -0.1) is 0 Å². The van der Waals surface area contributed by atoms with Crippen LogP contribution >= 0.6 is 0 Å². The number of carbonyl (C=O) groups excluding carboxylic acids is 1. The van der Waals surface area contributed by atoms with E-state index >= 15 is 0 Å². The van der Waals surface area contributed by atoms with Crippen LogP contribution in [0.2, 0.25) is 0 Å². The summed E-state index contributed by atoms with van der Waals surface area (Å²) in [4.78, 5) is 16.7. The molecule has 0 aliphatic carbocycles. The summed E-state index contributed by atoms with van der Waals surface area (Å²) in [6, 6.07) is 10.3. The van der Waals surface area contributed by atoms with Crippen LogP contribution in [-0.2, 0) is 21.8 Å². The number of alkyl halides is 3. The molecule has 0 saturated carbocycles. The van der Waals surface area contributed by atoms with E-state index in [0.717, 1.165) is 12.3 Å². The van der Waals surface area contributed by atoms with E-state index in [-0.39, 0.29) is 22.6 Å². The van der Waals surface area contributed by atoms with E-state index in [1.807, 2.05) is 0 Å². The number of nitrogens with zero attached hydrogens (tertiary/aromatic N) is 1. The van der Waals surface area contributed by atoms with Gasteiger partial charge in [-0.25, -0.2) is 8.42 Å². The van der Waals surface area contributed by atoms with Gasteiger partial charge in [-0.05, 0) is 35.9 Å². The van der Waals surface area contributed by atoms with Gasteiger partial charge < -0.3 is 10.4 Å². The summed E-state index contributed by atoms with van der Waals surface area (Å²) in [5.41, 5.74) is -0.691. The minimum atomic E-state index is -4.77. The smallest absolute Gasteiger partial charge is 0.416 e. The number of aromatic nitrogens is 1. The molecule has 31 heavy (non-hydrogen) atoms. The van der Waals surface area contributed by atoms with E-state index in [1.54, 1.807) is 18.2 Å². The van der Waals surface area contributed by atoms with Gasteiger partial charge in [-0.3, -0.25) is 9.78 Å². The molecule has 0 fully saturated rings. The van der Waals surface area contributed by atoms with Crippen LogP contribution in [0.5, 0.6) is 5.75 Å². The number of hydrogen-bond donors (Lipinski definition) is 2. The number of hydrogen-bond acceptors (Lipinski definition) is 5. The molecule has 2 N–H and O–H groups in total. The quantitative estimate of drug-likeness (QED) is 0.605. The molecule has 162 valence electrons. The van der Waals surface area contributed by atoms with Crippen LogP contribution in [0.3, 0.4) is 0 Å². The molecule has 0 spiro atoms. The van der Waals surface area contributed by atoms with E-state index in [0.29, 0.717) is 23.3 Å². The molecule has 10 heteroatoms. The van der Waals surface area contributed by atoms with Crippen molar-refractivity contribution in [2.75, 3.05) is 11.6 Å². The maximum absolute atomic E-state index is 13.3. The Morgan fingerprint density at radius 1 is 1.10 bits per heavy atom. The Bertz CT molecular complexity index is 1240. The molecule has 1 aromatic heterocycles. The van der Waals surface area contributed by atoms with E-state index in [9.17, 15) is 31.5 Å². The minimum absolute atomic E-state index is 0.0568. The molecule has 2 aromatic carbocycles. The van der Waals surface area contributed by atoms with Gasteiger partial charge in [-0.2, -0.15) is 13.2 Å². The number of amides is 1. The molecule has 0 saturated heterocycles. The van der Waals surface area contributed by atoms with Crippen molar-refractivity contribution >= 4 is 21.4 Å². The number of pyridine rings is 1. The standard InChI is InChI=1S/C21H17F3N2O4S/c1-31(29,30)12-13-8-14(10-15(9-13)21(22,23)24)20(28)26-18-11-25-7-6-16(18)17-4-2-3-5-19(17)27/h2-11,27H,12H2,1H3,(H,26,28). The van der Waals surface area contributed by atoms with Crippen molar-refractivity contribution in [2.24, 2.45) is 0 Å². The number of benzene rings is 2. The molecule has 3 aromatic rings. The lowest BCUT2D eigenvalue weighted by atomic mass is 10.0. The van der Waals surface area contributed by atoms with Crippen LogP contribution in [0.15, 0.2) is 60.9 Å². The van der Waals surface area contributed by atoms with Crippen LogP contribution in [0.25, 0.3) is 11.1 Å². The van der Waals surface area contributed by atoms with Crippen molar-refractivity contribution in [3.05, 3.63) is 77.6 Å². The van der Waals surface area contributed by atoms with Crippen molar-refractivity contribution < 1.29 is 31.5 Å². The monoisotopic (exact) mass is 450 g/mol. The Labute approximate surface area is 176 Å². The molecule has 0 aliphatic rings. The van der Waals surface area contributed by atoms with Crippen LogP contribution in [0.1, 0.15) is 21.5 Å². The van der Waals surface area contributed by atoms with E-state index in [4.69, 9.17) is 0 Å². The Morgan fingerprint density at radius 3 is 2.45 bits per heavy atom. The predicted molar refractivity (Wildman–Crippen MR) is 109 cm³/mol. The molecule has 0 unspecified atom stereocenters. The summed E-state index contributed by atoms with van der Waals surface area (Å²) in [5.74, 6) is -1.59. The van der Waals surface area contributed by atoms with Gasteiger partial charge in [0.25, 0.3) is 5.91 Å². The highest BCUT2D eigenvalue weighted by Crippen LogP contribution is 2.34. The molecular weight excluding hydrogens is 433 g/mol. The minimum Gasteiger partial charge on any atom is -0.507 e. The second kappa shape index (κ2) is 8.38. The zero-order chi connectivity index (χ0) is 22.8. The molecule has 1 amide bonds. The number of rotatable bonds is 5. The number of carbonyl (C=O) groups is 1. The number of halogens is 3. The molecule has 0 atom stereocenters. The van der Waals surface area contributed by atoms with Crippen LogP contribution in [0.4, 0.5) is 18.9 Å². The summed E-state index contributed by atoms with van der Waals surface area (Å²) in [5, 5.41) is 12.6. The van der Waals surface area contributed by atoms with Crippen LogP contribution < -0.4 is 5.32 Å². The average molecular weight is 450 g/mol. The number of para-hydroxylation sites is 1. The third kappa shape index (κ3) is 5.60. The highest BCUT2D eigenvalue weighted by molar-refractivity contribution is 7.89. The first-order valence-corrected chi connectivity index (χ1v) is 10.9. The van der Waals surface area contributed by atoms with Crippen molar-refractivity contribution in [1.29, 1.82) is 0 Å². The van der Waals surface area contributed by atoms with Gasteiger partial charge in [0.15, 0.2) is 9.84 Å². The molecule has 1 heterocycles. The first-order valence-electron chi connectivity index (χ1n) is 8.86. The molecular formula is C21H17F3N2O4S. The molecule has 0 bridgehead atoms. The van der Waals surface area contributed by atoms with E-state index < -0.39 is 33.2 Å². The Balaban J connectivity index is 2.01. The number of anilines is 1. The van der Waals surface area contributed by atoms with Crippen LogP contribution in [-0.4, -0.2) is 30.7 Å². The zero-order valence-electron chi connectivity index (χ0n) is 16.1. The highest BCUT2D eigenvalue weighted by atomic mass is 32.2. The normalized spacial score (nSPS) is 11.9. The predicted octanol–water partition coefficient (Wildman–Crippen LogP) is 4.27. The van der Waals surface area contributed by atoms with Gasteiger partial charge in [0, 0.05) is 29.1 Å². The zero-order valence-corrected chi connectivity index (χ0v) is 17.0. The summed E-state index contributed by atoms with van der Waals surface area (Å²) in [6.45, 7) is 0. The number of sulfone groups is 1. The fraction of sp³-hybridized carbons (Fsp3) is 0.143. The lowest BCUT2D eigenvalue weighted by Gasteiger charge is -2.14. The fourth-order valence-electron chi connectivity index (χ4n) is 3.00. The van der Waals surface area contributed by atoms with Crippen molar-refractivity contribution in [2.45, 2.75) is 11.9 Å². The first kappa shape index (κ1) is 22.3. The van der Waals surface area contributed by atoms with Crippen molar-refractivity contribution in [3.63, 3.8) is 0 Å². The summed E-state index contributed by atoms with van der Waals surface area (Å²) in [7, 11) is -3.63. The molecule has 0 aliphatic heterocycles. The van der Waals surface area contributed by atoms with Gasteiger partial charge in [0.2, 0.25) is 0 Å². The number of aromatic hydroxyl groups is 1.